The minimum Gasteiger partial charge on any atom is -0.493 e. The van der Waals surface area contributed by atoms with Crippen LogP contribution < -0.4 is 10.5 Å². The van der Waals surface area contributed by atoms with Crippen LogP contribution in [-0.4, -0.2) is 46.4 Å². The molecule has 37 heavy (non-hydrogen) atoms. The van der Waals surface area contributed by atoms with Gasteiger partial charge in [-0.1, -0.05) is 30.3 Å². The number of benzene rings is 2. The predicted molar refractivity (Wildman–Crippen MR) is 147 cm³/mol. The van der Waals surface area contributed by atoms with Crippen molar-refractivity contribution < 1.29 is 9.84 Å². The maximum atomic E-state index is 10.7. The Labute approximate surface area is 219 Å². The fourth-order valence-electron chi connectivity index (χ4n) is 6.27. The molecule has 3 heterocycles. The molecule has 0 amide bonds. The van der Waals surface area contributed by atoms with Crippen molar-refractivity contribution in [2.75, 3.05) is 25.4 Å². The quantitative estimate of drug-likeness (QED) is 0.346. The van der Waals surface area contributed by atoms with Gasteiger partial charge in [-0.15, -0.1) is 0 Å². The second kappa shape index (κ2) is 9.58. The number of nitrogens with one attached hydrogen (secondary N) is 1. The normalized spacial score (nSPS) is 23.6. The Bertz CT molecular complexity index is 1340. The number of anilines is 1. The van der Waals surface area contributed by atoms with Crippen LogP contribution in [0, 0.1) is 5.41 Å². The summed E-state index contributed by atoms with van der Waals surface area (Å²) in [5, 5.41) is 19.6. The van der Waals surface area contributed by atoms with Gasteiger partial charge in [0.15, 0.2) is 0 Å². The zero-order chi connectivity index (χ0) is 25.6. The molecule has 6 rings (SSSR count). The van der Waals surface area contributed by atoms with Crippen LogP contribution >= 0.6 is 0 Å². The third-order valence-electron chi connectivity index (χ3n) is 8.58. The van der Waals surface area contributed by atoms with E-state index < -0.39 is 5.60 Å². The lowest BCUT2D eigenvalue weighted by atomic mass is 9.88. The number of hydrogen-bond acceptors (Lipinski definition) is 6. The molecule has 1 saturated heterocycles. The summed E-state index contributed by atoms with van der Waals surface area (Å²) in [6.45, 7) is 4.77. The number of pyridine rings is 1. The third kappa shape index (κ3) is 4.64. The molecule has 0 bridgehead atoms. The topological polar surface area (TPSA) is 95.5 Å². The van der Waals surface area contributed by atoms with Crippen LogP contribution in [0.3, 0.4) is 0 Å². The number of aromatic nitrogens is 1. The predicted octanol–water partition coefficient (Wildman–Crippen LogP) is 5.08. The number of ether oxygens (including phenoxy) is 1. The first-order valence-electron chi connectivity index (χ1n) is 13.6. The first-order chi connectivity index (χ1) is 17.9. The standard InChI is InChI=1S/C31H36N4O2/c1-31(36)12-15-37-28-18-23(8-11-27(28)31)29(32)26-17-24(19-34-30(26)33)22-5-4-20-6-9-25(10-7-21(20)16-22)35-13-2-3-14-35/h4-5,8,11,16-19,25,32,36H,2-3,6-7,9-10,12-15H2,1H3,(H2,33,34). The van der Waals surface area contributed by atoms with E-state index in [1.807, 2.05) is 30.5 Å². The summed E-state index contributed by atoms with van der Waals surface area (Å²) in [6, 6.07) is 15.0. The first-order valence-corrected chi connectivity index (χ1v) is 13.6. The van der Waals surface area contributed by atoms with Crippen LogP contribution in [-0.2, 0) is 18.4 Å². The number of fused-ring (bicyclic) bond motifs is 2. The van der Waals surface area contributed by atoms with Gasteiger partial charge >= 0.3 is 0 Å². The van der Waals surface area contributed by atoms with Gasteiger partial charge < -0.3 is 20.5 Å². The molecule has 6 nitrogen and oxygen atoms in total. The average Bonchev–Trinajstić information content (AvgIpc) is 3.35. The van der Waals surface area contributed by atoms with Crippen molar-refractivity contribution in [2.24, 2.45) is 0 Å². The van der Waals surface area contributed by atoms with Gasteiger partial charge in [0.1, 0.15) is 11.6 Å². The highest BCUT2D eigenvalue weighted by Gasteiger charge is 2.31. The summed E-state index contributed by atoms with van der Waals surface area (Å²) in [5.74, 6) is 0.960. The Balaban J connectivity index is 1.26. The van der Waals surface area contributed by atoms with Gasteiger partial charge in [-0.3, -0.25) is 5.41 Å². The van der Waals surface area contributed by atoms with E-state index in [1.54, 1.807) is 6.92 Å². The number of aliphatic hydroxyl groups is 1. The molecular weight excluding hydrogens is 460 g/mol. The van der Waals surface area contributed by atoms with Crippen molar-refractivity contribution in [1.29, 1.82) is 5.41 Å². The van der Waals surface area contributed by atoms with Gasteiger partial charge in [0.25, 0.3) is 0 Å². The van der Waals surface area contributed by atoms with E-state index in [9.17, 15) is 5.11 Å². The number of likely N-dealkylation sites (tertiary alicyclic amines) is 1. The van der Waals surface area contributed by atoms with E-state index in [4.69, 9.17) is 15.9 Å². The van der Waals surface area contributed by atoms with Crippen molar-refractivity contribution in [3.05, 3.63) is 76.5 Å². The van der Waals surface area contributed by atoms with Crippen LogP contribution in [0.5, 0.6) is 5.75 Å². The Kier molecular flexibility index (Phi) is 6.25. The van der Waals surface area contributed by atoms with Crippen LogP contribution in [0.25, 0.3) is 11.1 Å². The van der Waals surface area contributed by atoms with E-state index in [0.29, 0.717) is 47.5 Å². The molecule has 4 N–H and O–H groups in total. The van der Waals surface area contributed by atoms with Crippen molar-refractivity contribution in [1.82, 2.24) is 9.88 Å². The van der Waals surface area contributed by atoms with Gasteiger partial charge in [0.2, 0.25) is 0 Å². The summed E-state index contributed by atoms with van der Waals surface area (Å²) >= 11 is 0. The van der Waals surface area contributed by atoms with Crippen LogP contribution in [0.15, 0.2) is 48.7 Å². The number of nitrogen functional groups attached to an aromatic ring is 1. The summed E-state index contributed by atoms with van der Waals surface area (Å²) in [6.07, 6.45) is 9.76. The molecule has 3 aromatic rings. The van der Waals surface area contributed by atoms with Crippen LogP contribution in [0.1, 0.15) is 66.8 Å². The molecule has 6 heteroatoms. The monoisotopic (exact) mass is 496 g/mol. The SMILES string of the molecule is CC1(O)CCOc2cc(C(=N)c3cc(-c4ccc5c(c4)CCC(N4CCCC4)CC5)cnc3N)ccc21. The Morgan fingerprint density at radius 1 is 1.05 bits per heavy atom. The molecule has 1 aromatic heterocycles. The van der Waals surface area contributed by atoms with Crippen LogP contribution in [0.4, 0.5) is 5.82 Å². The highest BCUT2D eigenvalue weighted by molar-refractivity contribution is 6.14. The summed E-state index contributed by atoms with van der Waals surface area (Å²) in [5.41, 5.74) is 12.7. The number of nitrogens with zero attached hydrogens (tertiary/aromatic N) is 2. The maximum absolute atomic E-state index is 10.7. The fraction of sp³-hybridized carbons (Fsp3) is 0.419. The zero-order valence-electron chi connectivity index (χ0n) is 21.6. The second-order valence-electron chi connectivity index (χ2n) is 11.1. The lowest BCUT2D eigenvalue weighted by Crippen LogP contribution is -2.32. The molecule has 3 aliphatic rings. The van der Waals surface area contributed by atoms with E-state index in [-0.39, 0.29) is 0 Å². The highest BCUT2D eigenvalue weighted by atomic mass is 16.5. The number of hydrogen-bond donors (Lipinski definition) is 3. The third-order valence-corrected chi connectivity index (χ3v) is 8.58. The summed E-state index contributed by atoms with van der Waals surface area (Å²) in [4.78, 5) is 7.16. The average molecular weight is 497 g/mol. The Hall–Kier alpha value is -3.22. The minimum atomic E-state index is -0.922. The Morgan fingerprint density at radius 3 is 2.65 bits per heavy atom. The lowest BCUT2D eigenvalue weighted by Gasteiger charge is -2.31. The maximum Gasteiger partial charge on any atom is 0.132 e. The van der Waals surface area contributed by atoms with Crippen molar-refractivity contribution in [2.45, 2.75) is 63.5 Å². The van der Waals surface area contributed by atoms with E-state index >= 15 is 0 Å². The zero-order valence-corrected chi connectivity index (χ0v) is 21.6. The second-order valence-corrected chi connectivity index (χ2v) is 11.1. The van der Waals surface area contributed by atoms with Crippen molar-refractivity contribution in [3.63, 3.8) is 0 Å². The van der Waals surface area contributed by atoms with Crippen LogP contribution in [0.2, 0.25) is 0 Å². The fourth-order valence-corrected chi connectivity index (χ4v) is 6.27. The highest BCUT2D eigenvalue weighted by Crippen LogP contribution is 2.38. The van der Waals surface area contributed by atoms with E-state index in [1.165, 1.54) is 49.9 Å². The number of rotatable bonds is 4. The molecule has 2 aromatic carbocycles. The molecule has 192 valence electrons. The van der Waals surface area contributed by atoms with Gasteiger partial charge in [-0.05, 0) is 87.4 Å². The summed E-state index contributed by atoms with van der Waals surface area (Å²) < 4.78 is 5.81. The summed E-state index contributed by atoms with van der Waals surface area (Å²) in [7, 11) is 0. The Morgan fingerprint density at radius 2 is 1.84 bits per heavy atom. The van der Waals surface area contributed by atoms with Gasteiger partial charge in [0.05, 0.1) is 17.9 Å². The van der Waals surface area contributed by atoms with Crippen molar-refractivity contribution in [3.8, 4) is 16.9 Å². The molecule has 1 aliphatic carbocycles. The van der Waals surface area contributed by atoms with Gasteiger partial charge in [0, 0.05) is 40.9 Å². The molecule has 0 radical (unpaired) electrons. The van der Waals surface area contributed by atoms with Crippen molar-refractivity contribution >= 4 is 11.5 Å². The molecule has 2 atom stereocenters. The molecule has 0 spiro atoms. The molecule has 0 saturated carbocycles. The minimum absolute atomic E-state index is 0.298. The van der Waals surface area contributed by atoms with E-state index in [2.05, 4.69) is 28.1 Å². The number of aryl methyl sites for hydroxylation is 2. The largest absolute Gasteiger partial charge is 0.493 e. The van der Waals surface area contributed by atoms with Gasteiger partial charge in [-0.25, -0.2) is 4.98 Å². The lowest BCUT2D eigenvalue weighted by molar-refractivity contribution is 0.0147. The van der Waals surface area contributed by atoms with Gasteiger partial charge in [-0.2, -0.15) is 0 Å². The first kappa shape index (κ1) is 24.1. The molecule has 1 fully saturated rings. The smallest absolute Gasteiger partial charge is 0.132 e. The van der Waals surface area contributed by atoms with E-state index in [0.717, 1.165) is 29.5 Å². The number of nitrogens with two attached hydrogens (primary N) is 1. The molecule has 2 unspecified atom stereocenters. The molecular formula is C31H36N4O2. The molecule has 2 aliphatic heterocycles.